The smallest absolute Gasteiger partial charge is 0.243 e. The molecule has 0 aliphatic carbocycles. The number of nitrogens with zero attached hydrogens (tertiary/aromatic N) is 1. The summed E-state index contributed by atoms with van der Waals surface area (Å²) in [6.07, 6.45) is 3.04. The highest BCUT2D eigenvalue weighted by Gasteiger charge is 2.26. The third-order valence-electron chi connectivity index (χ3n) is 3.76. The number of carbonyl (C=O) groups excluding carboxylic acids is 2. The lowest BCUT2D eigenvalue weighted by Crippen LogP contribution is -2.50. The van der Waals surface area contributed by atoms with Gasteiger partial charge in [0.05, 0.1) is 6.04 Å². The average molecular weight is 271 g/mol. The number of hydrogen-bond donors (Lipinski definition) is 2. The lowest BCUT2D eigenvalue weighted by atomic mass is 10.1. The highest BCUT2D eigenvalue weighted by Crippen LogP contribution is 2.20. The van der Waals surface area contributed by atoms with Gasteiger partial charge in [0, 0.05) is 37.1 Å². The maximum Gasteiger partial charge on any atom is 0.243 e. The maximum absolute atomic E-state index is 11.7. The average Bonchev–Trinajstić information content (AvgIpc) is 2.75. The maximum atomic E-state index is 11.7. The molecule has 0 radical (unpaired) electrons. The minimum Gasteiger partial charge on any atom is -0.350 e. The second-order valence-electron chi connectivity index (χ2n) is 5.17. The number of piperidine rings is 1. The molecule has 1 atom stereocenters. The molecule has 2 aromatic rings. The fourth-order valence-electron chi connectivity index (χ4n) is 2.69. The van der Waals surface area contributed by atoms with E-state index in [0.717, 1.165) is 5.56 Å². The minimum absolute atomic E-state index is 0.182. The van der Waals surface area contributed by atoms with Crippen LogP contribution in [0.5, 0.6) is 0 Å². The van der Waals surface area contributed by atoms with E-state index in [2.05, 4.69) is 33.5 Å². The quantitative estimate of drug-likeness (QED) is 0.821. The van der Waals surface area contributed by atoms with Crippen molar-refractivity contribution in [2.45, 2.75) is 25.4 Å². The summed E-state index contributed by atoms with van der Waals surface area (Å²) in [5, 5.41) is 6.79. The highest BCUT2D eigenvalue weighted by molar-refractivity contribution is 6.00. The van der Waals surface area contributed by atoms with Crippen molar-refractivity contribution in [1.82, 2.24) is 15.2 Å². The summed E-state index contributed by atoms with van der Waals surface area (Å²) < 4.78 is 2.08. The molecule has 1 aliphatic heterocycles. The number of rotatable bonds is 3. The van der Waals surface area contributed by atoms with E-state index in [-0.39, 0.29) is 17.9 Å². The first-order chi connectivity index (χ1) is 9.65. The van der Waals surface area contributed by atoms with Crippen LogP contribution in [0.25, 0.3) is 10.9 Å². The van der Waals surface area contributed by atoms with E-state index in [1.165, 1.54) is 10.9 Å². The zero-order valence-corrected chi connectivity index (χ0v) is 11.3. The van der Waals surface area contributed by atoms with Gasteiger partial charge in [-0.25, -0.2) is 0 Å². The SMILES string of the molecule is Cn1cc(CNC2CCC(=O)NC2=O)c2ccccc21. The fourth-order valence-corrected chi connectivity index (χ4v) is 2.69. The number of fused-ring (bicyclic) bond motifs is 1. The van der Waals surface area contributed by atoms with Gasteiger partial charge in [-0.3, -0.25) is 14.9 Å². The second-order valence-corrected chi connectivity index (χ2v) is 5.17. The standard InChI is InChI=1S/C15H17N3O2/c1-18-9-10(11-4-2-3-5-13(11)18)8-16-12-6-7-14(19)17-15(12)20/h2-5,9,12,16H,6-8H2,1H3,(H,17,19,20). The number of nitrogens with one attached hydrogen (secondary N) is 2. The molecule has 0 saturated carbocycles. The first-order valence-electron chi connectivity index (χ1n) is 6.75. The molecule has 0 bridgehead atoms. The topological polar surface area (TPSA) is 63.1 Å². The zero-order valence-electron chi connectivity index (χ0n) is 11.3. The van der Waals surface area contributed by atoms with Crippen LogP contribution < -0.4 is 10.6 Å². The Kier molecular flexibility index (Phi) is 3.28. The van der Waals surface area contributed by atoms with E-state index in [0.29, 0.717) is 19.4 Å². The van der Waals surface area contributed by atoms with E-state index in [4.69, 9.17) is 0 Å². The molecule has 2 heterocycles. The number of aryl methyl sites for hydroxylation is 1. The van der Waals surface area contributed by atoms with Crippen LogP contribution in [0.2, 0.25) is 0 Å². The molecule has 2 amide bonds. The van der Waals surface area contributed by atoms with Gasteiger partial charge in [-0.1, -0.05) is 18.2 Å². The van der Waals surface area contributed by atoms with Crippen molar-refractivity contribution in [3.63, 3.8) is 0 Å². The molecule has 1 aliphatic rings. The summed E-state index contributed by atoms with van der Waals surface area (Å²) in [6, 6.07) is 7.89. The van der Waals surface area contributed by atoms with Crippen molar-refractivity contribution < 1.29 is 9.59 Å². The van der Waals surface area contributed by atoms with Gasteiger partial charge < -0.3 is 9.88 Å². The van der Waals surface area contributed by atoms with Crippen molar-refractivity contribution in [1.29, 1.82) is 0 Å². The van der Waals surface area contributed by atoms with E-state index in [1.807, 2.05) is 19.2 Å². The van der Waals surface area contributed by atoms with Gasteiger partial charge in [-0.05, 0) is 18.1 Å². The summed E-state index contributed by atoms with van der Waals surface area (Å²) in [4.78, 5) is 22.8. The number of aromatic nitrogens is 1. The Hall–Kier alpha value is -2.14. The van der Waals surface area contributed by atoms with E-state index < -0.39 is 0 Å². The Labute approximate surface area is 117 Å². The molecule has 1 aromatic carbocycles. The van der Waals surface area contributed by atoms with E-state index in [9.17, 15) is 9.59 Å². The molecule has 104 valence electrons. The summed E-state index contributed by atoms with van der Waals surface area (Å²) >= 11 is 0. The number of carbonyl (C=O) groups is 2. The molecule has 20 heavy (non-hydrogen) atoms. The molecule has 5 heteroatoms. The molecular formula is C15H17N3O2. The summed E-state index contributed by atoms with van der Waals surface area (Å²) in [6.45, 7) is 0.619. The van der Waals surface area contributed by atoms with E-state index >= 15 is 0 Å². The van der Waals surface area contributed by atoms with Crippen LogP contribution in [0, 0.1) is 0 Å². The van der Waals surface area contributed by atoms with Crippen molar-refractivity contribution in [2.24, 2.45) is 7.05 Å². The Balaban J connectivity index is 1.74. The van der Waals surface area contributed by atoms with Crippen LogP contribution in [-0.4, -0.2) is 22.4 Å². The van der Waals surface area contributed by atoms with Crippen molar-refractivity contribution in [2.75, 3.05) is 0 Å². The zero-order chi connectivity index (χ0) is 14.1. The van der Waals surface area contributed by atoms with Gasteiger partial charge in [0.2, 0.25) is 11.8 Å². The van der Waals surface area contributed by atoms with Crippen molar-refractivity contribution in [3.05, 3.63) is 36.0 Å². The first-order valence-corrected chi connectivity index (χ1v) is 6.75. The largest absolute Gasteiger partial charge is 0.350 e. The van der Waals surface area contributed by atoms with Gasteiger partial charge in [0.1, 0.15) is 0 Å². The molecule has 1 saturated heterocycles. The molecular weight excluding hydrogens is 254 g/mol. The molecule has 1 unspecified atom stereocenters. The minimum atomic E-state index is -0.285. The number of benzene rings is 1. The second kappa shape index (κ2) is 5.09. The summed E-state index contributed by atoms with van der Waals surface area (Å²) in [5.41, 5.74) is 2.33. The number of para-hydroxylation sites is 1. The Morgan fingerprint density at radius 3 is 2.95 bits per heavy atom. The lowest BCUT2D eigenvalue weighted by Gasteiger charge is -2.21. The normalized spacial score (nSPS) is 19.4. The van der Waals surface area contributed by atoms with Crippen LogP contribution >= 0.6 is 0 Å². The summed E-state index contributed by atoms with van der Waals surface area (Å²) in [5.74, 6) is -0.403. The first kappa shape index (κ1) is 12.9. The summed E-state index contributed by atoms with van der Waals surface area (Å²) in [7, 11) is 2.01. The Bertz CT molecular complexity index is 675. The monoisotopic (exact) mass is 271 g/mol. The van der Waals surface area contributed by atoms with Crippen LogP contribution in [0.1, 0.15) is 18.4 Å². The number of amides is 2. The van der Waals surface area contributed by atoms with Gasteiger partial charge >= 0.3 is 0 Å². The third kappa shape index (κ3) is 2.32. The molecule has 5 nitrogen and oxygen atoms in total. The van der Waals surface area contributed by atoms with Crippen molar-refractivity contribution in [3.8, 4) is 0 Å². The van der Waals surface area contributed by atoms with Crippen LogP contribution in [-0.2, 0) is 23.2 Å². The highest BCUT2D eigenvalue weighted by atomic mass is 16.2. The predicted molar refractivity (Wildman–Crippen MR) is 75.9 cm³/mol. The Morgan fingerprint density at radius 2 is 2.15 bits per heavy atom. The molecule has 0 spiro atoms. The Morgan fingerprint density at radius 1 is 1.35 bits per heavy atom. The molecule has 1 aromatic heterocycles. The van der Waals surface area contributed by atoms with Crippen LogP contribution in [0.3, 0.4) is 0 Å². The third-order valence-corrected chi connectivity index (χ3v) is 3.76. The number of hydrogen-bond acceptors (Lipinski definition) is 3. The van der Waals surface area contributed by atoms with Crippen LogP contribution in [0.15, 0.2) is 30.5 Å². The van der Waals surface area contributed by atoms with E-state index in [1.54, 1.807) is 0 Å². The van der Waals surface area contributed by atoms with Gasteiger partial charge in [-0.15, -0.1) is 0 Å². The molecule has 2 N–H and O–H groups in total. The lowest BCUT2D eigenvalue weighted by molar-refractivity contribution is -0.134. The molecule has 1 fully saturated rings. The van der Waals surface area contributed by atoms with Crippen molar-refractivity contribution >= 4 is 22.7 Å². The predicted octanol–water partition coefficient (Wildman–Crippen LogP) is 1.07. The van der Waals surface area contributed by atoms with Gasteiger partial charge in [0.15, 0.2) is 0 Å². The van der Waals surface area contributed by atoms with Crippen LogP contribution in [0.4, 0.5) is 0 Å². The fraction of sp³-hybridized carbons (Fsp3) is 0.333. The van der Waals surface area contributed by atoms with Gasteiger partial charge in [0.25, 0.3) is 0 Å². The van der Waals surface area contributed by atoms with Gasteiger partial charge in [-0.2, -0.15) is 0 Å². The number of imide groups is 1. The molecule has 3 rings (SSSR count).